The van der Waals surface area contributed by atoms with Crippen molar-refractivity contribution in [1.29, 1.82) is 0 Å². The largest absolute Gasteiger partial charge is 0.367 e. The highest BCUT2D eigenvalue weighted by molar-refractivity contribution is 5.77. The molecule has 1 unspecified atom stereocenters. The van der Waals surface area contributed by atoms with Crippen LogP contribution >= 0.6 is 0 Å². The number of carbonyl (C=O) groups is 1. The lowest BCUT2D eigenvalue weighted by Gasteiger charge is -2.32. The van der Waals surface area contributed by atoms with Crippen LogP contribution in [0.15, 0.2) is 48.5 Å². The lowest BCUT2D eigenvalue weighted by atomic mass is 9.97. The van der Waals surface area contributed by atoms with E-state index in [1.165, 1.54) is 22.3 Å². The molecule has 0 saturated carbocycles. The summed E-state index contributed by atoms with van der Waals surface area (Å²) in [5, 5.41) is 8.89. The van der Waals surface area contributed by atoms with Crippen molar-refractivity contribution in [3.8, 4) is 0 Å². The number of fused-ring (bicyclic) bond motifs is 2. The van der Waals surface area contributed by atoms with Gasteiger partial charge in [0.2, 0.25) is 5.91 Å². The summed E-state index contributed by atoms with van der Waals surface area (Å²) in [6, 6.07) is 17.2. The molecule has 28 heavy (non-hydrogen) atoms. The van der Waals surface area contributed by atoms with Gasteiger partial charge < -0.3 is 9.64 Å². The number of rotatable bonds is 5. The number of hydroxylamine groups is 1. The van der Waals surface area contributed by atoms with Crippen molar-refractivity contribution < 1.29 is 14.7 Å². The molecule has 0 spiro atoms. The molecule has 5 heteroatoms. The maximum absolute atomic E-state index is 11.7. The van der Waals surface area contributed by atoms with Crippen LogP contribution in [-0.4, -0.2) is 42.3 Å². The first-order valence-electron chi connectivity index (χ1n) is 10.2. The Morgan fingerprint density at radius 2 is 1.71 bits per heavy atom. The summed E-state index contributed by atoms with van der Waals surface area (Å²) < 4.78 is 6.45. The predicted octanol–water partition coefficient (Wildman–Crippen LogP) is 3.11. The number of nitrogens with zero attached hydrogens (tertiary/aromatic N) is 1. The van der Waals surface area contributed by atoms with Crippen LogP contribution in [0.2, 0.25) is 0 Å². The van der Waals surface area contributed by atoms with Gasteiger partial charge >= 0.3 is 0 Å². The lowest BCUT2D eigenvalue weighted by Crippen LogP contribution is -2.43. The highest BCUT2D eigenvalue weighted by atomic mass is 16.5. The molecular formula is C23H28N2O3. The lowest BCUT2D eigenvalue weighted by molar-refractivity contribution is -0.135. The zero-order chi connectivity index (χ0) is 19.3. The number of hydrogen-bond acceptors (Lipinski definition) is 4. The number of ether oxygens (including phenoxy) is 1. The minimum atomic E-state index is -0.280. The van der Waals surface area contributed by atoms with Crippen LogP contribution in [-0.2, 0) is 22.4 Å². The molecule has 0 radical (unpaired) electrons. The monoisotopic (exact) mass is 380 g/mol. The van der Waals surface area contributed by atoms with Gasteiger partial charge in [-0.15, -0.1) is 0 Å². The van der Waals surface area contributed by atoms with Gasteiger partial charge in [0, 0.05) is 13.1 Å². The summed E-state index contributed by atoms with van der Waals surface area (Å²) in [6.45, 7) is 3.04. The zero-order valence-corrected chi connectivity index (χ0v) is 16.1. The van der Waals surface area contributed by atoms with Crippen LogP contribution in [0.4, 0.5) is 0 Å². The van der Waals surface area contributed by atoms with Crippen molar-refractivity contribution >= 4 is 5.91 Å². The van der Waals surface area contributed by atoms with Gasteiger partial charge in [-0.1, -0.05) is 48.5 Å². The Hall–Kier alpha value is -2.21. The van der Waals surface area contributed by atoms with Gasteiger partial charge in [-0.05, 0) is 54.5 Å². The second-order valence-electron chi connectivity index (χ2n) is 7.76. The molecule has 148 valence electrons. The Bertz CT molecular complexity index is 775. The van der Waals surface area contributed by atoms with Crippen molar-refractivity contribution in [2.45, 2.75) is 31.8 Å². The predicted molar refractivity (Wildman–Crippen MR) is 107 cm³/mol. The maximum atomic E-state index is 11.7. The van der Waals surface area contributed by atoms with Crippen molar-refractivity contribution in [1.82, 2.24) is 10.4 Å². The van der Waals surface area contributed by atoms with Crippen molar-refractivity contribution in [3.63, 3.8) is 0 Å². The molecule has 0 bridgehead atoms. The van der Waals surface area contributed by atoms with Crippen LogP contribution in [0.5, 0.6) is 0 Å². The van der Waals surface area contributed by atoms with Gasteiger partial charge in [-0.3, -0.25) is 10.0 Å². The molecule has 1 saturated heterocycles. The molecule has 1 heterocycles. The van der Waals surface area contributed by atoms with E-state index >= 15 is 0 Å². The van der Waals surface area contributed by atoms with Crippen molar-refractivity contribution in [2.75, 3.05) is 26.2 Å². The third kappa shape index (κ3) is 4.12. The quantitative estimate of drug-likeness (QED) is 0.618. The van der Waals surface area contributed by atoms with E-state index in [9.17, 15) is 4.79 Å². The molecule has 1 amide bonds. The number of hydrogen-bond donors (Lipinski definition) is 2. The Labute approximate surface area is 166 Å². The third-order valence-electron chi connectivity index (χ3n) is 6.02. The molecule has 2 aromatic rings. The van der Waals surface area contributed by atoms with E-state index in [0.29, 0.717) is 13.2 Å². The van der Waals surface area contributed by atoms with Crippen LogP contribution < -0.4 is 5.48 Å². The first-order valence-corrected chi connectivity index (χ1v) is 10.2. The summed E-state index contributed by atoms with van der Waals surface area (Å²) >= 11 is 0. The van der Waals surface area contributed by atoms with Crippen molar-refractivity contribution in [2.24, 2.45) is 5.92 Å². The first-order chi connectivity index (χ1) is 13.8. The van der Waals surface area contributed by atoms with E-state index in [4.69, 9.17) is 9.94 Å². The second-order valence-corrected chi connectivity index (χ2v) is 7.76. The third-order valence-corrected chi connectivity index (χ3v) is 6.02. The van der Waals surface area contributed by atoms with E-state index in [1.807, 2.05) is 0 Å². The van der Waals surface area contributed by atoms with Gasteiger partial charge in [0.05, 0.1) is 12.5 Å². The van der Waals surface area contributed by atoms with Crippen LogP contribution in [0, 0.1) is 5.92 Å². The summed E-state index contributed by atoms with van der Waals surface area (Å²) in [6.07, 6.45) is 3.82. The number of nitrogens with one attached hydrogen (secondary N) is 1. The van der Waals surface area contributed by atoms with Gasteiger partial charge in [0.25, 0.3) is 0 Å². The number of aryl methyl sites for hydroxylation is 2. The molecule has 0 aromatic heterocycles. The minimum Gasteiger partial charge on any atom is -0.367 e. The number of benzene rings is 2. The fraction of sp³-hybridized carbons (Fsp3) is 0.435. The summed E-state index contributed by atoms with van der Waals surface area (Å²) in [4.78, 5) is 14.0. The molecule has 2 aromatic carbocycles. The molecule has 2 N–H and O–H groups in total. The molecule has 5 nitrogen and oxygen atoms in total. The summed E-state index contributed by atoms with van der Waals surface area (Å²) in [5.41, 5.74) is 7.05. The number of carbonyl (C=O) groups excluding carboxylic acids is 1. The zero-order valence-electron chi connectivity index (χ0n) is 16.1. The Balaban J connectivity index is 1.45. The molecule has 1 aliphatic carbocycles. The number of piperidine rings is 1. The van der Waals surface area contributed by atoms with Gasteiger partial charge in [-0.2, -0.15) is 0 Å². The first kappa shape index (κ1) is 19.1. The average Bonchev–Trinajstić information content (AvgIpc) is 2.91. The van der Waals surface area contributed by atoms with E-state index in [1.54, 1.807) is 5.48 Å². The fourth-order valence-electron chi connectivity index (χ4n) is 4.52. The Morgan fingerprint density at radius 1 is 1.07 bits per heavy atom. The standard InChI is InChI=1S/C23H28N2O3/c26-23(24-27)19-8-5-13-25(16-19)14-15-28-22-20-9-3-1-6-17(20)11-12-18-7-2-4-10-21(18)22/h1-4,6-7,9-10,19,22,27H,5,8,11-16H2,(H,24,26). The molecular weight excluding hydrogens is 352 g/mol. The average molecular weight is 380 g/mol. The smallest absolute Gasteiger partial charge is 0.247 e. The highest BCUT2D eigenvalue weighted by Gasteiger charge is 2.27. The summed E-state index contributed by atoms with van der Waals surface area (Å²) in [5.74, 6) is -0.421. The highest BCUT2D eigenvalue weighted by Crippen LogP contribution is 2.35. The maximum Gasteiger partial charge on any atom is 0.247 e. The van der Waals surface area contributed by atoms with E-state index < -0.39 is 0 Å². The van der Waals surface area contributed by atoms with Crippen LogP contribution in [0.1, 0.15) is 41.2 Å². The number of likely N-dealkylation sites (tertiary alicyclic amines) is 1. The van der Waals surface area contributed by atoms with E-state index in [2.05, 4.69) is 53.4 Å². The van der Waals surface area contributed by atoms with E-state index in [0.717, 1.165) is 38.8 Å². The molecule has 2 aliphatic rings. The minimum absolute atomic E-state index is 0.0452. The van der Waals surface area contributed by atoms with Crippen LogP contribution in [0.3, 0.4) is 0 Å². The molecule has 1 fully saturated rings. The molecule has 4 rings (SSSR count). The SMILES string of the molecule is O=C(NO)C1CCCN(CCOC2c3ccccc3CCc3ccccc32)C1. The topological polar surface area (TPSA) is 61.8 Å². The van der Waals surface area contributed by atoms with Crippen molar-refractivity contribution in [3.05, 3.63) is 70.8 Å². The molecule has 1 aliphatic heterocycles. The number of amides is 1. The molecule has 1 atom stereocenters. The van der Waals surface area contributed by atoms with E-state index in [-0.39, 0.29) is 17.9 Å². The Morgan fingerprint density at radius 3 is 2.36 bits per heavy atom. The summed E-state index contributed by atoms with van der Waals surface area (Å²) in [7, 11) is 0. The Kier molecular flexibility index (Phi) is 6.05. The van der Waals surface area contributed by atoms with Gasteiger partial charge in [-0.25, -0.2) is 5.48 Å². The van der Waals surface area contributed by atoms with Gasteiger partial charge in [0.1, 0.15) is 6.10 Å². The van der Waals surface area contributed by atoms with Gasteiger partial charge in [0.15, 0.2) is 0 Å². The second kappa shape index (κ2) is 8.86. The van der Waals surface area contributed by atoms with Crippen LogP contribution in [0.25, 0.3) is 0 Å². The fourth-order valence-corrected chi connectivity index (χ4v) is 4.52. The normalized spacial score (nSPS) is 20.1.